The van der Waals surface area contributed by atoms with E-state index in [0.717, 1.165) is 42.5 Å². The number of hydrogen-bond donors (Lipinski definition) is 2. The second kappa shape index (κ2) is 9.32. The summed E-state index contributed by atoms with van der Waals surface area (Å²) in [5, 5.41) is 14.7. The van der Waals surface area contributed by atoms with Crippen LogP contribution in [0.5, 0.6) is 0 Å². The summed E-state index contributed by atoms with van der Waals surface area (Å²) >= 11 is 0. The van der Waals surface area contributed by atoms with Gasteiger partial charge < -0.3 is 20.3 Å². The molecule has 3 fully saturated rings. The molecular weight excluding hydrogens is 390 g/mol. The molecule has 5 rings (SSSR count). The Hall–Kier alpha value is -2.51. The van der Waals surface area contributed by atoms with Crippen LogP contribution in [0.25, 0.3) is 0 Å². The van der Waals surface area contributed by atoms with Crippen LogP contribution in [0.1, 0.15) is 36.2 Å². The number of para-hydroxylation sites is 1. The maximum atomic E-state index is 12.3. The lowest BCUT2D eigenvalue weighted by Crippen LogP contribution is -2.32. The van der Waals surface area contributed by atoms with Crippen LogP contribution in [0.15, 0.2) is 42.5 Å². The van der Waals surface area contributed by atoms with Gasteiger partial charge in [0, 0.05) is 44.6 Å². The number of benzene rings is 1. The second-order valence-corrected chi connectivity index (χ2v) is 9.23. The third-order valence-corrected chi connectivity index (χ3v) is 6.96. The molecule has 7 heteroatoms. The molecule has 0 bridgehead atoms. The highest BCUT2D eigenvalue weighted by Gasteiger charge is 2.41. The molecule has 2 aliphatic heterocycles. The fourth-order valence-electron chi connectivity index (χ4n) is 5.41. The van der Waals surface area contributed by atoms with Crippen molar-refractivity contribution in [2.45, 2.75) is 31.7 Å². The largest absolute Gasteiger partial charge is 0.381 e. The molecule has 164 valence electrons. The molecule has 1 amide bonds. The standard InChI is InChI=1S/C24H31N5O2/c30-24(26-20-4-2-1-3-5-20)22-6-7-23(28-27-22)25-21-12-18-15-29(16-19(18)13-21)14-17-8-10-31-11-9-17/h1-7,17-19,21H,8-16H2,(H,25,28)(H,26,30)/t18-,19+,21+. The van der Waals surface area contributed by atoms with Crippen molar-refractivity contribution < 1.29 is 9.53 Å². The monoisotopic (exact) mass is 421 g/mol. The van der Waals surface area contributed by atoms with Gasteiger partial charge in [0.25, 0.3) is 5.91 Å². The Morgan fingerprint density at radius 1 is 1.00 bits per heavy atom. The van der Waals surface area contributed by atoms with E-state index in [-0.39, 0.29) is 5.91 Å². The number of likely N-dealkylation sites (tertiary alicyclic amines) is 1. The van der Waals surface area contributed by atoms with Crippen molar-refractivity contribution in [3.63, 3.8) is 0 Å². The Labute approximate surface area is 183 Å². The van der Waals surface area contributed by atoms with E-state index in [0.29, 0.717) is 11.7 Å². The average Bonchev–Trinajstić information content (AvgIpc) is 3.33. The molecule has 2 saturated heterocycles. The number of nitrogens with one attached hydrogen (secondary N) is 2. The van der Waals surface area contributed by atoms with Crippen molar-refractivity contribution >= 4 is 17.4 Å². The smallest absolute Gasteiger partial charge is 0.276 e. The van der Waals surface area contributed by atoms with Crippen LogP contribution in [0, 0.1) is 17.8 Å². The normalized spacial score (nSPS) is 26.5. The molecule has 31 heavy (non-hydrogen) atoms. The van der Waals surface area contributed by atoms with Gasteiger partial charge in [-0.3, -0.25) is 4.79 Å². The molecule has 3 atom stereocenters. The first-order chi connectivity index (χ1) is 15.2. The van der Waals surface area contributed by atoms with Crippen molar-refractivity contribution in [2.24, 2.45) is 17.8 Å². The van der Waals surface area contributed by atoms with E-state index < -0.39 is 0 Å². The molecule has 0 spiro atoms. The third kappa shape index (κ3) is 5.05. The van der Waals surface area contributed by atoms with E-state index in [1.54, 1.807) is 6.07 Å². The first-order valence-corrected chi connectivity index (χ1v) is 11.5. The van der Waals surface area contributed by atoms with Crippen molar-refractivity contribution in [1.29, 1.82) is 0 Å². The maximum Gasteiger partial charge on any atom is 0.276 e. The molecule has 0 unspecified atom stereocenters. The lowest BCUT2D eigenvalue weighted by atomic mass is 10.00. The van der Waals surface area contributed by atoms with Crippen LogP contribution in [0.2, 0.25) is 0 Å². The van der Waals surface area contributed by atoms with Crippen molar-refractivity contribution in [3.8, 4) is 0 Å². The van der Waals surface area contributed by atoms with Crippen LogP contribution in [0.4, 0.5) is 11.5 Å². The van der Waals surface area contributed by atoms with Gasteiger partial charge in [-0.1, -0.05) is 18.2 Å². The summed E-state index contributed by atoms with van der Waals surface area (Å²) in [6.07, 6.45) is 4.81. The third-order valence-electron chi connectivity index (χ3n) is 6.96. The summed E-state index contributed by atoms with van der Waals surface area (Å²) in [4.78, 5) is 15.0. The Kier molecular flexibility index (Phi) is 6.13. The number of amides is 1. The van der Waals surface area contributed by atoms with Gasteiger partial charge in [0.2, 0.25) is 0 Å². The highest BCUT2D eigenvalue weighted by Crippen LogP contribution is 2.39. The van der Waals surface area contributed by atoms with E-state index >= 15 is 0 Å². The molecule has 1 aromatic carbocycles. The number of carbonyl (C=O) groups is 1. The van der Waals surface area contributed by atoms with Crippen LogP contribution >= 0.6 is 0 Å². The van der Waals surface area contributed by atoms with Gasteiger partial charge in [0.1, 0.15) is 5.82 Å². The van der Waals surface area contributed by atoms with Crippen LogP contribution < -0.4 is 10.6 Å². The minimum Gasteiger partial charge on any atom is -0.381 e. The van der Waals surface area contributed by atoms with E-state index in [2.05, 4.69) is 25.7 Å². The molecule has 2 N–H and O–H groups in total. The van der Waals surface area contributed by atoms with Crippen LogP contribution in [0.3, 0.4) is 0 Å². The summed E-state index contributed by atoms with van der Waals surface area (Å²) in [6.45, 7) is 5.57. The fourth-order valence-corrected chi connectivity index (χ4v) is 5.41. The van der Waals surface area contributed by atoms with Gasteiger partial charge in [0.05, 0.1) is 0 Å². The van der Waals surface area contributed by atoms with E-state index in [9.17, 15) is 4.79 Å². The maximum absolute atomic E-state index is 12.3. The number of hydrogen-bond acceptors (Lipinski definition) is 6. The number of carbonyl (C=O) groups excluding carboxylic acids is 1. The zero-order valence-corrected chi connectivity index (χ0v) is 17.9. The highest BCUT2D eigenvalue weighted by molar-refractivity contribution is 6.02. The predicted octanol–water partition coefficient (Wildman–Crippen LogP) is 3.28. The van der Waals surface area contributed by atoms with Crippen LogP contribution in [-0.2, 0) is 4.74 Å². The summed E-state index contributed by atoms with van der Waals surface area (Å²) in [7, 11) is 0. The Bertz CT molecular complexity index is 855. The molecule has 1 saturated carbocycles. The lowest BCUT2D eigenvalue weighted by molar-refractivity contribution is 0.0545. The number of ether oxygens (including phenoxy) is 1. The molecule has 3 heterocycles. The number of anilines is 2. The van der Waals surface area contributed by atoms with Gasteiger partial charge in [-0.15, -0.1) is 10.2 Å². The Morgan fingerprint density at radius 3 is 2.42 bits per heavy atom. The van der Waals surface area contributed by atoms with Gasteiger partial charge in [-0.05, 0) is 67.7 Å². The van der Waals surface area contributed by atoms with Crippen molar-refractivity contribution in [3.05, 3.63) is 48.2 Å². The molecule has 1 aromatic heterocycles. The minimum absolute atomic E-state index is 0.245. The molecule has 3 aliphatic rings. The highest BCUT2D eigenvalue weighted by atomic mass is 16.5. The Morgan fingerprint density at radius 2 is 1.74 bits per heavy atom. The number of aromatic nitrogens is 2. The molecule has 7 nitrogen and oxygen atoms in total. The first-order valence-electron chi connectivity index (χ1n) is 11.5. The average molecular weight is 422 g/mol. The van der Waals surface area contributed by atoms with Crippen molar-refractivity contribution in [2.75, 3.05) is 43.5 Å². The zero-order chi connectivity index (χ0) is 21.0. The van der Waals surface area contributed by atoms with Gasteiger partial charge in [-0.2, -0.15) is 0 Å². The summed E-state index contributed by atoms with van der Waals surface area (Å²) < 4.78 is 5.50. The van der Waals surface area contributed by atoms with Crippen LogP contribution in [-0.4, -0.2) is 59.9 Å². The van der Waals surface area contributed by atoms with E-state index in [4.69, 9.17) is 4.74 Å². The lowest BCUT2D eigenvalue weighted by Gasteiger charge is -2.27. The predicted molar refractivity (Wildman–Crippen MR) is 120 cm³/mol. The molecular formula is C24H31N5O2. The minimum atomic E-state index is -0.245. The quantitative estimate of drug-likeness (QED) is 0.745. The summed E-state index contributed by atoms with van der Waals surface area (Å²) in [5.74, 6) is 2.88. The van der Waals surface area contributed by atoms with Crippen molar-refractivity contribution in [1.82, 2.24) is 15.1 Å². The zero-order valence-electron chi connectivity index (χ0n) is 17.9. The fraction of sp³-hybridized carbons (Fsp3) is 0.542. The molecule has 1 aliphatic carbocycles. The summed E-state index contributed by atoms with van der Waals surface area (Å²) in [5.41, 5.74) is 1.07. The Balaban J connectivity index is 1.09. The first kappa shape index (κ1) is 20.4. The van der Waals surface area contributed by atoms with Gasteiger partial charge in [0.15, 0.2) is 5.69 Å². The number of rotatable bonds is 6. The van der Waals surface area contributed by atoms with E-state index in [1.165, 1.54) is 45.3 Å². The summed E-state index contributed by atoms with van der Waals surface area (Å²) in [6, 6.07) is 13.4. The topological polar surface area (TPSA) is 79.4 Å². The molecule has 0 radical (unpaired) electrons. The van der Waals surface area contributed by atoms with E-state index in [1.807, 2.05) is 36.4 Å². The van der Waals surface area contributed by atoms with Gasteiger partial charge >= 0.3 is 0 Å². The molecule has 2 aromatic rings. The number of fused-ring (bicyclic) bond motifs is 1. The SMILES string of the molecule is O=C(Nc1ccccc1)c1ccc(N[C@H]2C[C@@H]3CN(CC4CCOCC4)C[C@@H]3C2)nn1. The second-order valence-electron chi connectivity index (χ2n) is 9.23. The number of nitrogens with zero attached hydrogens (tertiary/aromatic N) is 3. The van der Waals surface area contributed by atoms with Gasteiger partial charge in [-0.25, -0.2) is 0 Å².